The lowest BCUT2D eigenvalue weighted by molar-refractivity contribution is -0.0915. The van der Waals surface area contributed by atoms with Gasteiger partial charge in [0.15, 0.2) is 0 Å². The van der Waals surface area contributed by atoms with E-state index >= 15 is 0 Å². The minimum Gasteiger partial charge on any atom is -0.444 e. The molecule has 0 N–H and O–H groups in total. The molecular formula is C19H23F2N3O3. The van der Waals surface area contributed by atoms with E-state index in [4.69, 9.17) is 14.7 Å². The highest BCUT2D eigenvalue weighted by atomic mass is 19.1. The number of hydrogen-bond acceptors (Lipinski definition) is 5. The maximum Gasteiger partial charge on any atom is 0.410 e. The summed E-state index contributed by atoms with van der Waals surface area (Å²) >= 11 is 0. The van der Waals surface area contributed by atoms with Crippen LogP contribution in [-0.4, -0.2) is 60.3 Å². The molecule has 27 heavy (non-hydrogen) atoms. The number of piperazine rings is 1. The van der Waals surface area contributed by atoms with E-state index in [0.717, 1.165) is 6.07 Å². The van der Waals surface area contributed by atoms with Crippen molar-refractivity contribution < 1.29 is 23.0 Å². The molecule has 0 saturated carbocycles. The smallest absolute Gasteiger partial charge is 0.410 e. The third-order valence-corrected chi connectivity index (χ3v) is 4.73. The van der Waals surface area contributed by atoms with Crippen LogP contribution in [0.1, 0.15) is 38.0 Å². The predicted molar refractivity (Wildman–Crippen MR) is 92.9 cm³/mol. The van der Waals surface area contributed by atoms with Gasteiger partial charge in [0.25, 0.3) is 0 Å². The third kappa shape index (κ3) is 4.20. The number of morpholine rings is 1. The quantitative estimate of drug-likeness (QED) is 0.751. The summed E-state index contributed by atoms with van der Waals surface area (Å²) < 4.78 is 39.2. The van der Waals surface area contributed by atoms with Gasteiger partial charge in [0.1, 0.15) is 28.9 Å². The van der Waals surface area contributed by atoms with Gasteiger partial charge in [-0.15, -0.1) is 0 Å². The Hall–Kier alpha value is -2.24. The predicted octanol–water partition coefficient (Wildman–Crippen LogP) is 2.83. The van der Waals surface area contributed by atoms with Crippen molar-refractivity contribution in [3.63, 3.8) is 0 Å². The zero-order valence-corrected chi connectivity index (χ0v) is 15.7. The molecule has 2 heterocycles. The molecule has 1 aromatic rings. The van der Waals surface area contributed by atoms with Crippen molar-refractivity contribution in [3.05, 3.63) is 34.9 Å². The number of benzene rings is 1. The second-order valence-electron chi connectivity index (χ2n) is 7.83. The standard InChI is InChI=1S/C19H23F2N3O3/c1-19(2,3)27-18(25)24-7-6-23-10-16(26-11-12(23)9-24)13-4-5-15(20)14(8-22)17(13)21/h4-5,12,16H,6-7,9-11H2,1-3H3/t12-,16?/m0/s1. The molecule has 1 aromatic carbocycles. The number of hydrogen-bond donors (Lipinski definition) is 0. The summed E-state index contributed by atoms with van der Waals surface area (Å²) in [7, 11) is 0. The van der Waals surface area contributed by atoms with Crippen LogP contribution in [0.3, 0.4) is 0 Å². The van der Waals surface area contributed by atoms with Crippen LogP contribution in [0.2, 0.25) is 0 Å². The van der Waals surface area contributed by atoms with E-state index in [1.807, 2.05) is 20.8 Å². The molecule has 2 saturated heterocycles. The first-order valence-electron chi connectivity index (χ1n) is 8.91. The van der Waals surface area contributed by atoms with Gasteiger partial charge in [0, 0.05) is 31.7 Å². The molecule has 1 unspecified atom stereocenters. The van der Waals surface area contributed by atoms with Crippen molar-refractivity contribution >= 4 is 6.09 Å². The second kappa shape index (κ2) is 7.41. The maximum atomic E-state index is 14.4. The van der Waals surface area contributed by atoms with Gasteiger partial charge < -0.3 is 14.4 Å². The topological polar surface area (TPSA) is 65.8 Å². The van der Waals surface area contributed by atoms with Crippen molar-refractivity contribution in [1.29, 1.82) is 5.26 Å². The summed E-state index contributed by atoms with van der Waals surface area (Å²) in [5.41, 5.74) is -0.963. The summed E-state index contributed by atoms with van der Waals surface area (Å²) in [6, 6.07) is 3.96. The number of carbonyl (C=O) groups is 1. The van der Waals surface area contributed by atoms with E-state index in [1.54, 1.807) is 11.0 Å². The molecule has 0 aromatic heterocycles. The van der Waals surface area contributed by atoms with Crippen molar-refractivity contribution in [2.45, 2.75) is 38.5 Å². The Morgan fingerprint density at radius 2 is 2.04 bits per heavy atom. The van der Waals surface area contributed by atoms with E-state index in [0.29, 0.717) is 32.8 Å². The van der Waals surface area contributed by atoms with Gasteiger partial charge in [0.05, 0.1) is 18.8 Å². The Kier molecular flexibility index (Phi) is 5.36. The first-order chi connectivity index (χ1) is 12.7. The van der Waals surface area contributed by atoms with Gasteiger partial charge in [-0.25, -0.2) is 13.6 Å². The van der Waals surface area contributed by atoms with E-state index in [9.17, 15) is 13.6 Å². The van der Waals surface area contributed by atoms with Gasteiger partial charge in [-0.1, -0.05) is 6.07 Å². The Morgan fingerprint density at radius 1 is 1.30 bits per heavy atom. The number of nitrogens with zero attached hydrogens (tertiary/aromatic N) is 3. The molecule has 0 radical (unpaired) electrons. The Balaban J connectivity index is 1.67. The normalized spacial score (nSPS) is 23.5. The molecule has 1 amide bonds. The average molecular weight is 379 g/mol. The largest absolute Gasteiger partial charge is 0.444 e. The fourth-order valence-electron chi connectivity index (χ4n) is 3.38. The number of halogens is 2. The first-order valence-corrected chi connectivity index (χ1v) is 8.91. The van der Waals surface area contributed by atoms with Gasteiger partial charge in [-0.05, 0) is 26.8 Å². The minimum atomic E-state index is -0.876. The average Bonchev–Trinajstić information content (AvgIpc) is 2.60. The molecule has 0 bridgehead atoms. The van der Waals surface area contributed by atoms with E-state index in [1.165, 1.54) is 6.07 Å². The molecule has 6 nitrogen and oxygen atoms in total. The molecule has 2 aliphatic heterocycles. The number of amides is 1. The Morgan fingerprint density at radius 3 is 2.70 bits per heavy atom. The highest BCUT2D eigenvalue weighted by molar-refractivity contribution is 5.68. The SMILES string of the molecule is CC(C)(C)OC(=O)N1CCN2CC(c3ccc(F)c(C#N)c3F)OC[C@@H]2C1. The van der Waals surface area contributed by atoms with E-state index in [2.05, 4.69) is 4.90 Å². The fraction of sp³-hybridized carbons (Fsp3) is 0.579. The Bertz CT molecular complexity index is 773. The summed E-state index contributed by atoms with van der Waals surface area (Å²) in [4.78, 5) is 16.0. The zero-order chi connectivity index (χ0) is 19.8. The lowest BCUT2D eigenvalue weighted by atomic mass is 10.0. The van der Waals surface area contributed by atoms with E-state index in [-0.39, 0.29) is 17.7 Å². The third-order valence-electron chi connectivity index (χ3n) is 4.73. The summed E-state index contributed by atoms with van der Waals surface area (Å²) in [6.07, 6.45) is -0.936. The van der Waals surface area contributed by atoms with Crippen molar-refractivity contribution in [1.82, 2.24) is 9.80 Å². The van der Waals surface area contributed by atoms with Gasteiger partial charge in [-0.2, -0.15) is 5.26 Å². The van der Waals surface area contributed by atoms with Crippen LogP contribution in [0, 0.1) is 23.0 Å². The highest BCUT2D eigenvalue weighted by Crippen LogP contribution is 2.30. The zero-order valence-electron chi connectivity index (χ0n) is 15.7. The van der Waals surface area contributed by atoms with E-state index < -0.39 is 28.9 Å². The first kappa shape index (κ1) is 19.5. The van der Waals surface area contributed by atoms with Crippen LogP contribution in [0.5, 0.6) is 0 Å². The molecule has 146 valence electrons. The van der Waals surface area contributed by atoms with Crippen molar-refractivity contribution in [2.24, 2.45) is 0 Å². The number of nitriles is 1. The molecule has 0 aliphatic carbocycles. The summed E-state index contributed by atoms with van der Waals surface area (Å²) in [5, 5.41) is 8.94. The number of fused-ring (bicyclic) bond motifs is 1. The number of rotatable bonds is 1. The van der Waals surface area contributed by atoms with Crippen LogP contribution >= 0.6 is 0 Å². The van der Waals surface area contributed by atoms with Crippen LogP contribution in [0.15, 0.2) is 12.1 Å². The lowest BCUT2D eigenvalue weighted by Gasteiger charge is -2.46. The number of carbonyl (C=O) groups excluding carboxylic acids is 1. The lowest BCUT2D eigenvalue weighted by Crippen LogP contribution is -2.60. The van der Waals surface area contributed by atoms with Crippen molar-refractivity contribution in [3.8, 4) is 6.07 Å². The molecule has 2 atom stereocenters. The monoisotopic (exact) mass is 379 g/mol. The molecule has 3 rings (SSSR count). The summed E-state index contributed by atoms with van der Waals surface area (Å²) in [6.45, 7) is 7.78. The van der Waals surface area contributed by atoms with Crippen LogP contribution < -0.4 is 0 Å². The fourth-order valence-corrected chi connectivity index (χ4v) is 3.38. The minimum absolute atomic E-state index is 0.0125. The summed E-state index contributed by atoms with van der Waals surface area (Å²) in [5.74, 6) is -1.74. The van der Waals surface area contributed by atoms with Gasteiger partial charge in [-0.3, -0.25) is 4.90 Å². The van der Waals surface area contributed by atoms with Crippen LogP contribution in [0.4, 0.5) is 13.6 Å². The molecule has 0 spiro atoms. The van der Waals surface area contributed by atoms with Crippen LogP contribution in [0.25, 0.3) is 0 Å². The maximum absolute atomic E-state index is 14.4. The Labute approximate surface area is 157 Å². The molecular weight excluding hydrogens is 356 g/mol. The highest BCUT2D eigenvalue weighted by Gasteiger charge is 2.37. The van der Waals surface area contributed by atoms with Gasteiger partial charge >= 0.3 is 6.09 Å². The van der Waals surface area contributed by atoms with Gasteiger partial charge in [0.2, 0.25) is 0 Å². The second-order valence-corrected chi connectivity index (χ2v) is 7.83. The molecule has 2 fully saturated rings. The number of ether oxygens (including phenoxy) is 2. The van der Waals surface area contributed by atoms with Crippen molar-refractivity contribution in [2.75, 3.05) is 32.8 Å². The van der Waals surface area contributed by atoms with Crippen LogP contribution in [-0.2, 0) is 9.47 Å². The molecule has 8 heteroatoms. The molecule has 2 aliphatic rings.